The third-order valence-electron chi connectivity index (χ3n) is 5.17. The first-order valence-electron chi connectivity index (χ1n) is 9.94. The second kappa shape index (κ2) is 7.83. The summed E-state index contributed by atoms with van der Waals surface area (Å²) in [6.45, 7) is 0. The van der Waals surface area contributed by atoms with Gasteiger partial charge in [0.1, 0.15) is 0 Å². The maximum atomic E-state index is 12.4. The summed E-state index contributed by atoms with van der Waals surface area (Å²) in [7, 11) is 0. The topological polar surface area (TPSA) is 80.1 Å². The van der Waals surface area contributed by atoms with Crippen LogP contribution in [-0.4, -0.2) is 16.2 Å². The summed E-state index contributed by atoms with van der Waals surface area (Å²) in [4.78, 5) is 12.4. The predicted molar refractivity (Wildman–Crippen MR) is 116 cm³/mol. The van der Waals surface area contributed by atoms with E-state index in [2.05, 4.69) is 33.0 Å². The number of fused-ring (bicyclic) bond motifs is 1. The summed E-state index contributed by atoms with van der Waals surface area (Å²) in [6, 6.07) is 22.8. The Hall–Kier alpha value is -3.93. The van der Waals surface area contributed by atoms with Gasteiger partial charge in [-0.3, -0.25) is 0 Å². The van der Waals surface area contributed by atoms with E-state index in [-0.39, 0.29) is 6.03 Å². The molecule has 1 aromatic heterocycles. The van der Waals surface area contributed by atoms with Crippen LogP contribution in [0.5, 0.6) is 0 Å². The number of anilines is 2. The van der Waals surface area contributed by atoms with Crippen molar-refractivity contribution in [3.63, 3.8) is 0 Å². The number of benzene rings is 3. The molecular formula is C24H20N4O2. The van der Waals surface area contributed by atoms with Crippen LogP contribution < -0.4 is 10.6 Å². The van der Waals surface area contributed by atoms with Crippen molar-refractivity contribution in [2.45, 2.75) is 19.3 Å². The minimum Gasteiger partial charge on any atom is -0.416 e. The first-order chi connectivity index (χ1) is 14.7. The van der Waals surface area contributed by atoms with Gasteiger partial charge in [0.15, 0.2) is 0 Å². The molecule has 0 aliphatic heterocycles. The molecule has 0 saturated carbocycles. The van der Waals surface area contributed by atoms with Gasteiger partial charge in [-0.1, -0.05) is 30.3 Å². The highest BCUT2D eigenvalue weighted by Gasteiger charge is 2.13. The Balaban J connectivity index is 1.29. The molecule has 2 N–H and O–H groups in total. The zero-order valence-corrected chi connectivity index (χ0v) is 16.3. The SMILES string of the molecule is O=C(Nc1cccc(-c2nnc(-c3ccccc3)o2)c1)Nc1ccc2c(c1)CCC2. The van der Waals surface area contributed by atoms with Crippen LogP contribution in [-0.2, 0) is 12.8 Å². The summed E-state index contributed by atoms with van der Waals surface area (Å²) >= 11 is 0. The molecule has 3 aromatic carbocycles. The molecule has 6 nitrogen and oxygen atoms in total. The van der Waals surface area contributed by atoms with E-state index in [1.807, 2.05) is 60.7 Å². The van der Waals surface area contributed by atoms with Crippen LogP contribution in [0.25, 0.3) is 22.9 Å². The van der Waals surface area contributed by atoms with Gasteiger partial charge in [0.2, 0.25) is 11.8 Å². The fraction of sp³-hybridized carbons (Fsp3) is 0.125. The van der Waals surface area contributed by atoms with Crippen LogP contribution in [0.1, 0.15) is 17.5 Å². The number of hydrogen-bond donors (Lipinski definition) is 2. The molecule has 148 valence electrons. The fourth-order valence-corrected chi connectivity index (χ4v) is 3.71. The number of amides is 2. The van der Waals surface area contributed by atoms with Crippen LogP contribution in [0.2, 0.25) is 0 Å². The lowest BCUT2D eigenvalue weighted by atomic mass is 10.1. The van der Waals surface area contributed by atoms with Crippen LogP contribution >= 0.6 is 0 Å². The number of aromatic nitrogens is 2. The van der Waals surface area contributed by atoms with Crippen molar-refractivity contribution in [1.82, 2.24) is 10.2 Å². The molecule has 0 bridgehead atoms. The highest BCUT2D eigenvalue weighted by atomic mass is 16.4. The molecule has 0 unspecified atom stereocenters. The van der Waals surface area contributed by atoms with E-state index in [0.717, 1.165) is 29.7 Å². The Morgan fingerprint density at radius 1 is 0.733 bits per heavy atom. The van der Waals surface area contributed by atoms with E-state index in [0.29, 0.717) is 17.5 Å². The van der Waals surface area contributed by atoms with Crippen molar-refractivity contribution in [2.75, 3.05) is 10.6 Å². The first kappa shape index (κ1) is 18.1. The van der Waals surface area contributed by atoms with Gasteiger partial charge in [0.05, 0.1) is 0 Å². The smallest absolute Gasteiger partial charge is 0.323 e. The molecule has 30 heavy (non-hydrogen) atoms. The Morgan fingerprint density at radius 2 is 1.43 bits per heavy atom. The number of nitrogens with zero attached hydrogens (tertiary/aromatic N) is 2. The quantitative estimate of drug-likeness (QED) is 0.475. The fourth-order valence-electron chi connectivity index (χ4n) is 3.71. The molecular weight excluding hydrogens is 376 g/mol. The maximum Gasteiger partial charge on any atom is 0.323 e. The Kier molecular flexibility index (Phi) is 4.73. The zero-order valence-electron chi connectivity index (χ0n) is 16.3. The molecule has 0 atom stereocenters. The lowest BCUT2D eigenvalue weighted by molar-refractivity contribution is 0.262. The van der Waals surface area contributed by atoms with Crippen molar-refractivity contribution in [2.24, 2.45) is 0 Å². The number of aryl methyl sites for hydroxylation is 2. The van der Waals surface area contributed by atoms with E-state index in [4.69, 9.17) is 4.42 Å². The number of rotatable bonds is 4. The molecule has 2 amide bonds. The van der Waals surface area contributed by atoms with Gasteiger partial charge in [-0.05, 0) is 72.9 Å². The average Bonchev–Trinajstić information content (AvgIpc) is 3.44. The maximum absolute atomic E-state index is 12.4. The predicted octanol–water partition coefficient (Wildman–Crippen LogP) is 5.54. The van der Waals surface area contributed by atoms with E-state index in [9.17, 15) is 4.79 Å². The van der Waals surface area contributed by atoms with Crippen molar-refractivity contribution >= 4 is 17.4 Å². The Bertz CT molecular complexity index is 1200. The van der Waals surface area contributed by atoms with E-state index in [1.54, 1.807) is 0 Å². The second-order valence-electron chi connectivity index (χ2n) is 7.28. The van der Waals surface area contributed by atoms with Crippen LogP contribution in [0.4, 0.5) is 16.2 Å². The second-order valence-corrected chi connectivity index (χ2v) is 7.28. The molecule has 0 spiro atoms. The lowest BCUT2D eigenvalue weighted by Crippen LogP contribution is -2.19. The number of nitrogens with one attached hydrogen (secondary N) is 2. The molecule has 1 aliphatic rings. The summed E-state index contributed by atoms with van der Waals surface area (Å²) in [5, 5.41) is 14.0. The normalized spacial score (nSPS) is 12.4. The summed E-state index contributed by atoms with van der Waals surface area (Å²) < 4.78 is 5.80. The Labute approximate surface area is 174 Å². The average molecular weight is 396 g/mol. The van der Waals surface area contributed by atoms with Crippen molar-refractivity contribution in [3.05, 3.63) is 83.9 Å². The van der Waals surface area contributed by atoms with Gasteiger partial charge >= 0.3 is 6.03 Å². The first-order valence-corrected chi connectivity index (χ1v) is 9.94. The molecule has 1 heterocycles. The van der Waals surface area contributed by atoms with Crippen molar-refractivity contribution in [3.8, 4) is 22.9 Å². The Morgan fingerprint density at radius 3 is 2.27 bits per heavy atom. The number of carbonyl (C=O) groups excluding carboxylic acids is 1. The van der Waals surface area contributed by atoms with E-state index < -0.39 is 0 Å². The summed E-state index contributed by atoms with van der Waals surface area (Å²) in [5.41, 5.74) is 5.74. The molecule has 4 aromatic rings. The van der Waals surface area contributed by atoms with Gasteiger partial charge in [0.25, 0.3) is 0 Å². The molecule has 5 rings (SSSR count). The summed E-state index contributed by atoms with van der Waals surface area (Å²) in [5.74, 6) is 0.856. The molecule has 6 heteroatoms. The van der Waals surface area contributed by atoms with Gasteiger partial charge in [-0.25, -0.2) is 4.79 Å². The van der Waals surface area contributed by atoms with Crippen molar-refractivity contribution in [1.29, 1.82) is 0 Å². The minimum absolute atomic E-state index is 0.291. The lowest BCUT2D eigenvalue weighted by Gasteiger charge is -2.09. The number of carbonyl (C=O) groups is 1. The van der Waals surface area contributed by atoms with Gasteiger partial charge in [-0.15, -0.1) is 10.2 Å². The van der Waals surface area contributed by atoms with Crippen molar-refractivity contribution < 1.29 is 9.21 Å². The monoisotopic (exact) mass is 396 g/mol. The number of hydrogen-bond acceptors (Lipinski definition) is 4. The van der Waals surface area contributed by atoms with Gasteiger partial charge in [0, 0.05) is 22.5 Å². The number of urea groups is 1. The highest BCUT2D eigenvalue weighted by Crippen LogP contribution is 2.27. The minimum atomic E-state index is -0.291. The van der Waals surface area contributed by atoms with Gasteiger partial charge < -0.3 is 15.1 Å². The summed E-state index contributed by atoms with van der Waals surface area (Å²) in [6.07, 6.45) is 3.37. The van der Waals surface area contributed by atoms with E-state index >= 15 is 0 Å². The largest absolute Gasteiger partial charge is 0.416 e. The van der Waals surface area contributed by atoms with Crippen LogP contribution in [0.3, 0.4) is 0 Å². The van der Waals surface area contributed by atoms with E-state index in [1.165, 1.54) is 17.5 Å². The highest BCUT2D eigenvalue weighted by molar-refractivity contribution is 6.00. The van der Waals surface area contributed by atoms with Crippen LogP contribution in [0.15, 0.2) is 77.2 Å². The van der Waals surface area contributed by atoms with Gasteiger partial charge in [-0.2, -0.15) is 0 Å². The molecule has 0 saturated heterocycles. The third-order valence-corrected chi connectivity index (χ3v) is 5.17. The van der Waals surface area contributed by atoms with Crippen LogP contribution in [0, 0.1) is 0 Å². The molecule has 0 radical (unpaired) electrons. The molecule has 1 aliphatic carbocycles. The zero-order chi connectivity index (χ0) is 20.3. The standard InChI is InChI=1S/C24H20N4O2/c29-24(26-21-13-12-16-8-4-9-18(16)14-21)25-20-11-5-10-19(15-20)23-28-27-22(30-23)17-6-2-1-3-7-17/h1-3,5-7,10-15H,4,8-9H2,(H2,25,26,29). The molecule has 0 fully saturated rings. The third kappa shape index (κ3) is 3.80.